The fraction of sp³-hybridized carbons (Fsp3) is 0.471. The van der Waals surface area contributed by atoms with E-state index < -0.39 is 30.0 Å². The highest BCUT2D eigenvalue weighted by atomic mass is 19.1. The van der Waals surface area contributed by atoms with Crippen LogP contribution in [-0.4, -0.2) is 30.8 Å². The fourth-order valence-electron chi connectivity index (χ4n) is 2.35. The predicted octanol–water partition coefficient (Wildman–Crippen LogP) is 2.70. The fourth-order valence-corrected chi connectivity index (χ4v) is 2.35. The molecule has 8 heteroatoms. The van der Waals surface area contributed by atoms with Crippen molar-refractivity contribution in [1.82, 2.24) is 5.32 Å². The topological polar surface area (TPSA) is 73.6 Å². The van der Waals surface area contributed by atoms with Crippen LogP contribution in [0, 0.1) is 11.6 Å². The average molecular weight is 352 g/mol. The lowest BCUT2D eigenvalue weighted by Gasteiger charge is -2.32. The quantitative estimate of drug-likeness (QED) is 0.646. The second-order valence-electron chi connectivity index (χ2n) is 7.12. The summed E-state index contributed by atoms with van der Waals surface area (Å²) < 4.78 is 40.1. The number of carbonyl (C=O) groups is 1. The van der Waals surface area contributed by atoms with Crippen molar-refractivity contribution in [2.45, 2.75) is 45.8 Å². The molecule has 1 saturated heterocycles. The molecule has 0 saturated carbocycles. The maximum Gasteiger partial charge on any atom is 0.492 e. The molecular weight excluding hydrogens is 329 g/mol. The minimum atomic E-state index is -0.840. The van der Waals surface area contributed by atoms with Crippen molar-refractivity contribution in [2.24, 2.45) is 0 Å². The number of hydrogen-bond donors (Lipinski definition) is 2. The van der Waals surface area contributed by atoms with E-state index in [0.717, 1.165) is 12.1 Å². The van der Waals surface area contributed by atoms with Gasteiger partial charge in [0.15, 0.2) is 0 Å². The molecule has 0 spiro atoms. The molecule has 0 aliphatic carbocycles. The molecule has 0 atom stereocenters. The molecule has 1 aromatic carbocycles. The number of nitrogen functional groups attached to an aromatic ring is 1. The lowest BCUT2D eigenvalue weighted by molar-refractivity contribution is -0.118. The molecular formula is C17H23BF2N2O3. The Bertz CT molecular complexity index is 681. The largest absolute Gasteiger partial charge is 0.492 e. The number of hydrogen-bond acceptors (Lipinski definition) is 4. The van der Waals surface area contributed by atoms with Crippen LogP contribution in [0.5, 0.6) is 0 Å². The van der Waals surface area contributed by atoms with Crippen LogP contribution < -0.4 is 11.1 Å². The molecule has 5 nitrogen and oxygen atoms in total. The maximum atomic E-state index is 14.1. The molecule has 1 aromatic rings. The summed E-state index contributed by atoms with van der Waals surface area (Å²) in [4.78, 5) is 11.3. The molecule has 0 aromatic heterocycles. The van der Waals surface area contributed by atoms with Gasteiger partial charge in [0.1, 0.15) is 11.6 Å². The number of halogens is 2. The Kier molecular flexibility index (Phi) is 5.25. The van der Waals surface area contributed by atoms with Crippen molar-refractivity contribution in [2.75, 3.05) is 12.3 Å². The summed E-state index contributed by atoms with van der Waals surface area (Å²) in [6.45, 7) is 8.86. The second-order valence-corrected chi connectivity index (χ2v) is 7.12. The highest BCUT2D eigenvalue weighted by Crippen LogP contribution is 2.39. The zero-order chi connectivity index (χ0) is 19.0. The highest BCUT2D eigenvalue weighted by molar-refractivity contribution is 6.56. The van der Waals surface area contributed by atoms with Crippen molar-refractivity contribution in [3.63, 3.8) is 0 Å². The second kappa shape index (κ2) is 6.76. The third-order valence-electron chi connectivity index (χ3n) is 4.53. The van der Waals surface area contributed by atoms with Gasteiger partial charge in [-0.15, -0.1) is 0 Å². The first kappa shape index (κ1) is 19.4. The Balaban J connectivity index is 2.42. The molecule has 1 amide bonds. The van der Waals surface area contributed by atoms with E-state index in [4.69, 9.17) is 15.0 Å². The molecule has 1 heterocycles. The van der Waals surface area contributed by atoms with E-state index in [9.17, 15) is 13.6 Å². The molecule has 25 heavy (non-hydrogen) atoms. The van der Waals surface area contributed by atoms with Gasteiger partial charge in [-0.3, -0.25) is 4.79 Å². The first-order valence-electron chi connectivity index (χ1n) is 7.98. The van der Waals surface area contributed by atoms with Crippen LogP contribution in [0.4, 0.5) is 14.5 Å². The van der Waals surface area contributed by atoms with Gasteiger partial charge in [-0.25, -0.2) is 8.78 Å². The number of nitrogens with two attached hydrogens (primary N) is 1. The Morgan fingerprint density at radius 1 is 1.20 bits per heavy atom. The molecule has 0 unspecified atom stereocenters. The molecule has 1 fully saturated rings. The first-order valence-corrected chi connectivity index (χ1v) is 7.98. The van der Waals surface area contributed by atoms with E-state index >= 15 is 0 Å². The molecule has 2 rings (SSSR count). The SMILES string of the molecule is CC(=O)NCC(=Cc1c(F)cc(N)cc1F)B1OC(C)(C)C(C)(C)O1. The van der Waals surface area contributed by atoms with Gasteiger partial charge in [0, 0.05) is 24.7 Å². The Labute approximate surface area is 146 Å². The van der Waals surface area contributed by atoms with Crippen LogP contribution in [0.15, 0.2) is 17.6 Å². The van der Waals surface area contributed by atoms with E-state index in [-0.39, 0.29) is 23.7 Å². The molecule has 0 bridgehead atoms. The van der Waals surface area contributed by atoms with Gasteiger partial charge >= 0.3 is 7.12 Å². The van der Waals surface area contributed by atoms with Gasteiger partial charge in [0.25, 0.3) is 0 Å². The monoisotopic (exact) mass is 352 g/mol. The summed E-state index contributed by atoms with van der Waals surface area (Å²) in [5.41, 5.74) is 4.34. The van der Waals surface area contributed by atoms with Crippen LogP contribution in [0.1, 0.15) is 40.2 Å². The highest BCUT2D eigenvalue weighted by Gasteiger charge is 2.52. The molecule has 1 aliphatic rings. The van der Waals surface area contributed by atoms with E-state index in [2.05, 4.69) is 5.32 Å². The van der Waals surface area contributed by atoms with Gasteiger partial charge < -0.3 is 20.4 Å². The maximum absolute atomic E-state index is 14.1. The Morgan fingerprint density at radius 3 is 2.12 bits per heavy atom. The number of amides is 1. The van der Waals surface area contributed by atoms with Crippen molar-refractivity contribution in [1.29, 1.82) is 0 Å². The number of benzene rings is 1. The van der Waals surface area contributed by atoms with Crippen molar-refractivity contribution in [3.8, 4) is 0 Å². The normalized spacial score (nSPS) is 19.2. The Hall–Kier alpha value is -1.93. The van der Waals surface area contributed by atoms with Crippen molar-refractivity contribution in [3.05, 3.63) is 34.8 Å². The first-order chi connectivity index (χ1) is 11.4. The van der Waals surface area contributed by atoms with Crippen LogP contribution >= 0.6 is 0 Å². The zero-order valence-corrected chi connectivity index (χ0v) is 15.1. The standard InChI is InChI=1S/C17H23BF2N2O3/c1-10(23)22-9-11(18-24-16(2,3)17(4,5)25-18)6-13-14(19)7-12(21)8-15(13)20/h6-8H,9,21H2,1-5H3,(H,22,23). The predicted molar refractivity (Wildman–Crippen MR) is 93.5 cm³/mol. The van der Waals surface area contributed by atoms with Crippen molar-refractivity contribution >= 4 is 24.8 Å². The number of nitrogens with one attached hydrogen (secondary N) is 1. The molecule has 3 N–H and O–H groups in total. The van der Waals surface area contributed by atoms with Gasteiger partial charge in [0.05, 0.1) is 11.2 Å². The van der Waals surface area contributed by atoms with Crippen LogP contribution in [0.3, 0.4) is 0 Å². The lowest BCUT2D eigenvalue weighted by Crippen LogP contribution is -2.41. The molecule has 136 valence electrons. The summed E-state index contributed by atoms with van der Waals surface area (Å²) in [6.07, 6.45) is 1.29. The number of rotatable bonds is 4. The van der Waals surface area contributed by atoms with Crippen LogP contribution in [-0.2, 0) is 14.1 Å². The summed E-state index contributed by atoms with van der Waals surface area (Å²) in [6, 6.07) is 2.07. The summed E-state index contributed by atoms with van der Waals surface area (Å²) >= 11 is 0. The van der Waals surface area contributed by atoms with Crippen LogP contribution in [0.25, 0.3) is 6.08 Å². The van der Waals surface area contributed by atoms with Gasteiger partial charge in [0.2, 0.25) is 5.91 Å². The average Bonchev–Trinajstić information content (AvgIpc) is 2.65. The van der Waals surface area contributed by atoms with Gasteiger partial charge in [-0.1, -0.05) is 6.08 Å². The number of carbonyl (C=O) groups excluding carboxylic acids is 1. The minimum absolute atomic E-state index is 0.00815. The van der Waals surface area contributed by atoms with Crippen molar-refractivity contribution < 1.29 is 22.9 Å². The summed E-state index contributed by atoms with van der Waals surface area (Å²) in [7, 11) is -0.840. The summed E-state index contributed by atoms with van der Waals surface area (Å²) in [5.74, 6) is -1.87. The van der Waals surface area contributed by atoms with Gasteiger partial charge in [-0.2, -0.15) is 0 Å². The summed E-state index contributed by atoms with van der Waals surface area (Å²) in [5, 5.41) is 2.61. The molecule has 0 radical (unpaired) electrons. The smallest absolute Gasteiger partial charge is 0.400 e. The Morgan fingerprint density at radius 2 is 1.68 bits per heavy atom. The van der Waals surface area contributed by atoms with E-state index in [1.165, 1.54) is 13.0 Å². The third kappa shape index (κ3) is 4.19. The van der Waals surface area contributed by atoms with E-state index in [1.54, 1.807) is 0 Å². The number of anilines is 1. The van der Waals surface area contributed by atoms with E-state index in [1.807, 2.05) is 27.7 Å². The van der Waals surface area contributed by atoms with Crippen LogP contribution in [0.2, 0.25) is 0 Å². The minimum Gasteiger partial charge on any atom is -0.400 e. The van der Waals surface area contributed by atoms with E-state index in [0.29, 0.717) is 5.47 Å². The van der Waals surface area contributed by atoms with Gasteiger partial charge in [-0.05, 0) is 45.3 Å². The third-order valence-corrected chi connectivity index (χ3v) is 4.53. The molecule has 1 aliphatic heterocycles. The zero-order valence-electron chi connectivity index (χ0n) is 15.1. The lowest BCUT2D eigenvalue weighted by atomic mass is 9.77.